The Labute approximate surface area is 186 Å². The second-order valence-electron chi connectivity index (χ2n) is 8.04. The highest BCUT2D eigenvalue weighted by atomic mass is 16.5. The zero-order valence-electron chi connectivity index (χ0n) is 18.8. The number of nitrogens with one attached hydrogen (secondary N) is 1. The Morgan fingerprint density at radius 2 is 1.88 bits per heavy atom. The molecule has 8 heteroatoms. The van der Waals surface area contributed by atoms with E-state index < -0.39 is 29.7 Å². The molecule has 32 heavy (non-hydrogen) atoms. The fraction of sp³-hybridized carbons (Fsp3) is 0.417. The average molecular weight is 440 g/mol. The van der Waals surface area contributed by atoms with Crippen LogP contribution < -0.4 is 0 Å². The van der Waals surface area contributed by atoms with Crippen LogP contribution in [-0.2, 0) is 25.5 Å². The van der Waals surface area contributed by atoms with E-state index in [2.05, 4.69) is 4.98 Å². The average Bonchev–Trinajstić information content (AvgIpc) is 3.30. The van der Waals surface area contributed by atoms with Crippen LogP contribution in [0.1, 0.15) is 51.0 Å². The molecule has 0 unspecified atom stereocenters. The fourth-order valence-corrected chi connectivity index (χ4v) is 3.99. The van der Waals surface area contributed by atoms with Gasteiger partial charge >= 0.3 is 11.9 Å². The molecule has 0 radical (unpaired) electrons. The van der Waals surface area contributed by atoms with Crippen LogP contribution in [-0.4, -0.2) is 59.8 Å². The van der Waals surface area contributed by atoms with Gasteiger partial charge in [-0.05, 0) is 38.3 Å². The van der Waals surface area contributed by atoms with Crippen molar-refractivity contribution in [3.8, 4) is 0 Å². The number of rotatable bonds is 8. The second-order valence-corrected chi connectivity index (χ2v) is 8.04. The lowest BCUT2D eigenvalue weighted by atomic mass is 10.1. The van der Waals surface area contributed by atoms with Crippen LogP contribution in [0, 0.1) is 19.8 Å². The van der Waals surface area contributed by atoms with Gasteiger partial charge in [-0.2, -0.15) is 0 Å². The molecule has 1 aliphatic rings. The quantitative estimate of drug-likeness (QED) is 0.500. The number of nitrogens with zero attached hydrogens (tertiary/aromatic N) is 1. The van der Waals surface area contributed by atoms with Gasteiger partial charge in [0.1, 0.15) is 0 Å². The van der Waals surface area contributed by atoms with Crippen molar-refractivity contribution < 1.29 is 28.7 Å². The fourth-order valence-electron chi connectivity index (χ4n) is 3.99. The van der Waals surface area contributed by atoms with Crippen LogP contribution in [0.4, 0.5) is 0 Å². The molecule has 2 aromatic rings. The maximum absolute atomic E-state index is 12.8. The molecule has 2 atom stereocenters. The Bertz CT molecular complexity index is 1030. The van der Waals surface area contributed by atoms with E-state index in [0.717, 1.165) is 5.56 Å². The summed E-state index contributed by atoms with van der Waals surface area (Å²) in [4.78, 5) is 54.3. The summed E-state index contributed by atoms with van der Waals surface area (Å²) in [5.74, 6) is -2.26. The smallest absolute Gasteiger partial charge is 0.339 e. The minimum Gasteiger partial charge on any atom is -0.465 e. The monoisotopic (exact) mass is 440 g/mol. The van der Waals surface area contributed by atoms with Gasteiger partial charge in [0.2, 0.25) is 11.7 Å². The Hall–Kier alpha value is -3.42. The Morgan fingerprint density at radius 3 is 2.53 bits per heavy atom. The molecule has 0 spiro atoms. The molecule has 1 aliphatic heterocycles. The lowest BCUT2D eigenvalue weighted by molar-refractivity contribution is -0.151. The van der Waals surface area contributed by atoms with Crippen LogP contribution in [0.3, 0.4) is 0 Å². The molecule has 170 valence electrons. The highest BCUT2D eigenvalue weighted by molar-refractivity contribution is 6.04. The van der Waals surface area contributed by atoms with Gasteiger partial charge < -0.3 is 19.4 Å². The number of ketones is 1. The van der Waals surface area contributed by atoms with Crippen molar-refractivity contribution in [2.75, 3.05) is 20.2 Å². The number of H-pyrrole nitrogens is 1. The summed E-state index contributed by atoms with van der Waals surface area (Å²) in [5, 5.41) is 0. The number of carbonyl (C=O) groups is 4. The summed E-state index contributed by atoms with van der Waals surface area (Å²) in [6.07, 6.45) is -0.281. The third-order valence-corrected chi connectivity index (χ3v) is 5.80. The maximum atomic E-state index is 12.8. The molecule has 1 fully saturated rings. The van der Waals surface area contributed by atoms with E-state index in [1.54, 1.807) is 18.7 Å². The minimum atomic E-state index is -1.06. The lowest BCUT2D eigenvalue weighted by Crippen LogP contribution is -2.31. The number of hydrogen-bond acceptors (Lipinski definition) is 6. The van der Waals surface area contributed by atoms with Gasteiger partial charge in [-0.1, -0.05) is 30.3 Å². The molecular weight excluding hydrogens is 412 g/mol. The molecule has 8 nitrogen and oxygen atoms in total. The number of methoxy groups -OCH3 is 1. The first-order chi connectivity index (χ1) is 15.2. The standard InChI is InChI=1S/C24H28N2O6/c1-14-20(24(30)31-4)15(2)25-21(14)22(28)16(3)32-23(29)18-12-19(27)26(13-18)11-10-17-8-6-5-7-9-17/h5-9,16,18,25H,10-13H2,1-4H3/t16-,18-/m0/s1. The summed E-state index contributed by atoms with van der Waals surface area (Å²) in [6.45, 7) is 5.59. The molecule has 0 bridgehead atoms. The molecule has 1 aromatic carbocycles. The number of aryl methyl sites for hydroxylation is 1. The number of amides is 1. The molecule has 1 aromatic heterocycles. The molecule has 0 aliphatic carbocycles. The predicted octanol–water partition coefficient (Wildman–Crippen LogP) is 2.62. The van der Waals surface area contributed by atoms with Crippen LogP contribution >= 0.6 is 0 Å². The van der Waals surface area contributed by atoms with Gasteiger partial charge in [0, 0.05) is 25.2 Å². The summed E-state index contributed by atoms with van der Waals surface area (Å²) in [7, 11) is 1.27. The van der Waals surface area contributed by atoms with Crippen LogP contribution in [0.15, 0.2) is 30.3 Å². The highest BCUT2D eigenvalue weighted by Crippen LogP contribution is 2.23. The number of hydrogen-bond donors (Lipinski definition) is 1. The molecule has 3 rings (SSSR count). The van der Waals surface area contributed by atoms with Crippen molar-refractivity contribution in [2.45, 2.75) is 39.7 Å². The van der Waals surface area contributed by atoms with Gasteiger partial charge in [-0.15, -0.1) is 0 Å². The van der Waals surface area contributed by atoms with Crippen molar-refractivity contribution in [1.82, 2.24) is 9.88 Å². The van der Waals surface area contributed by atoms with Gasteiger partial charge in [0.25, 0.3) is 0 Å². The number of aromatic nitrogens is 1. The number of ether oxygens (including phenoxy) is 2. The third-order valence-electron chi connectivity index (χ3n) is 5.80. The zero-order valence-corrected chi connectivity index (χ0v) is 18.8. The summed E-state index contributed by atoms with van der Waals surface area (Å²) >= 11 is 0. The minimum absolute atomic E-state index is 0.0711. The largest absolute Gasteiger partial charge is 0.465 e. The highest BCUT2D eigenvalue weighted by Gasteiger charge is 2.37. The van der Waals surface area contributed by atoms with Gasteiger partial charge in [0.15, 0.2) is 6.10 Å². The van der Waals surface area contributed by atoms with Crippen LogP contribution in [0.5, 0.6) is 0 Å². The Balaban J connectivity index is 1.59. The molecular formula is C24H28N2O6. The van der Waals surface area contributed by atoms with Gasteiger partial charge in [-0.25, -0.2) is 4.79 Å². The molecule has 1 saturated heterocycles. The first-order valence-electron chi connectivity index (χ1n) is 10.6. The van der Waals surface area contributed by atoms with Crippen LogP contribution in [0.2, 0.25) is 0 Å². The predicted molar refractivity (Wildman–Crippen MR) is 116 cm³/mol. The number of Topliss-reactive ketones (excluding diaryl/α,β-unsaturated/α-hetero) is 1. The SMILES string of the molecule is COC(=O)c1c(C)[nH]c(C(=O)[C@H](C)OC(=O)[C@H]2CC(=O)N(CCc3ccccc3)C2)c1C. The zero-order chi connectivity index (χ0) is 23.4. The van der Waals surface area contributed by atoms with Crippen LogP contribution in [0.25, 0.3) is 0 Å². The summed E-state index contributed by atoms with van der Waals surface area (Å²) in [5.41, 5.74) is 2.57. The molecule has 0 saturated carbocycles. The van der Waals surface area contributed by atoms with Crippen molar-refractivity contribution in [3.63, 3.8) is 0 Å². The molecule has 1 amide bonds. The number of carbonyl (C=O) groups excluding carboxylic acids is 4. The van der Waals surface area contributed by atoms with E-state index in [4.69, 9.17) is 9.47 Å². The van der Waals surface area contributed by atoms with Crippen molar-refractivity contribution in [2.24, 2.45) is 5.92 Å². The Kier molecular flexibility index (Phi) is 7.12. The van der Waals surface area contributed by atoms with E-state index in [1.807, 2.05) is 30.3 Å². The number of esters is 2. The van der Waals surface area contributed by atoms with Gasteiger partial charge in [0.05, 0.1) is 24.3 Å². The summed E-state index contributed by atoms with van der Waals surface area (Å²) < 4.78 is 10.2. The van der Waals surface area contributed by atoms with E-state index >= 15 is 0 Å². The number of aromatic amines is 1. The van der Waals surface area contributed by atoms with E-state index in [0.29, 0.717) is 29.8 Å². The van der Waals surface area contributed by atoms with E-state index in [-0.39, 0.29) is 24.6 Å². The van der Waals surface area contributed by atoms with Crippen molar-refractivity contribution >= 4 is 23.6 Å². The third kappa shape index (κ3) is 4.90. The Morgan fingerprint density at radius 1 is 1.19 bits per heavy atom. The summed E-state index contributed by atoms with van der Waals surface area (Å²) in [6, 6.07) is 9.82. The maximum Gasteiger partial charge on any atom is 0.339 e. The second kappa shape index (κ2) is 9.80. The number of likely N-dealkylation sites (tertiary alicyclic amines) is 1. The lowest BCUT2D eigenvalue weighted by Gasteiger charge is -2.17. The van der Waals surface area contributed by atoms with Crippen molar-refractivity contribution in [3.05, 3.63) is 58.4 Å². The van der Waals surface area contributed by atoms with Gasteiger partial charge in [-0.3, -0.25) is 14.4 Å². The van der Waals surface area contributed by atoms with E-state index in [1.165, 1.54) is 14.0 Å². The first kappa shape index (κ1) is 23.2. The van der Waals surface area contributed by atoms with Crippen molar-refractivity contribution in [1.29, 1.82) is 0 Å². The topological polar surface area (TPSA) is 106 Å². The van der Waals surface area contributed by atoms with E-state index in [9.17, 15) is 19.2 Å². The first-order valence-corrected chi connectivity index (χ1v) is 10.6. The normalized spacial score (nSPS) is 16.7. The number of benzene rings is 1. The molecule has 2 heterocycles. The molecule has 1 N–H and O–H groups in total.